The van der Waals surface area contributed by atoms with Crippen LogP contribution in [0.3, 0.4) is 0 Å². The van der Waals surface area contributed by atoms with Crippen molar-refractivity contribution in [1.29, 1.82) is 0 Å². The molecule has 0 saturated carbocycles. The van der Waals surface area contributed by atoms with Gasteiger partial charge in [-0.05, 0) is 6.42 Å². The molecule has 3 nitrogen and oxygen atoms in total. The fraction of sp³-hybridized carbons (Fsp3) is 0.455. The van der Waals surface area contributed by atoms with E-state index in [-0.39, 0.29) is 24.7 Å². The molecule has 0 bridgehead atoms. The van der Waals surface area contributed by atoms with Crippen LogP contribution < -0.4 is 15.2 Å². The van der Waals surface area contributed by atoms with Gasteiger partial charge in [0.25, 0.3) is 0 Å². The van der Waals surface area contributed by atoms with Crippen molar-refractivity contribution in [3.63, 3.8) is 0 Å². The fourth-order valence-electron chi connectivity index (χ4n) is 1.59. The van der Waals surface area contributed by atoms with Crippen molar-refractivity contribution in [2.75, 3.05) is 13.2 Å². The molecule has 1 aromatic carbocycles. The summed E-state index contributed by atoms with van der Waals surface area (Å²) in [7, 11) is 0. The molecule has 0 saturated heterocycles. The molecule has 0 radical (unpaired) electrons. The van der Waals surface area contributed by atoms with Crippen LogP contribution in [0.5, 0.6) is 11.5 Å². The van der Waals surface area contributed by atoms with E-state index >= 15 is 0 Å². The molecule has 0 amide bonds. The molecule has 2 rings (SSSR count). The molecule has 88 valence electrons. The number of rotatable bonds is 2. The number of halogens is 2. The first-order valence-electron chi connectivity index (χ1n) is 5.11. The average molecular weight is 229 g/mol. The molecule has 1 aliphatic rings. The highest BCUT2D eigenvalue weighted by Crippen LogP contribution is 2.37. The van der Waals surface area contributed by atoms with Gasteiger partial charge < -0.3 is 15.2 Å². The first-order chi connectivity index (χ1) is 7.60. The van der Waals surface area contributed by atoms with Crippen molar-refractivity contribution in [3.05, 3.63) is 23.8 Å². The minimum absolute atomic E-state index is 0.206. The summed E-state index contributed by atoms with van der Waals surface area (Å²) >= 11 is 0. The summed E-state index contributed by atoms with van der Waals surface area (Å²) in [6.07, 6.45) is 0.641. The Morgan fingerprint density at radius 2 is 1.94 bits per heavy atom. The Balaban J connectivity index is 2.36. The number of nitrogens with two attached hydrogens (primary N) is 1. The second-order valence-electron chi connectivity index (χ2n) is 3.84. The number of ether oxygens (including phenoxy) is 2. The molecule has 1 aromatic rings. The van der Waals surface area contributed by atoms with E-state index in [2.05, 4.69) is 0 Å². The molecule has 0 spiro atoms. The first-order valence-corrected chi connectivity index (χ1v) is 5.11. The van der Waals surface area contributed by atoms with Crippen LogP contribution in [0, 0.1) is 11.6 Å². The lowest BCUT2D eigenvalue weighted by molar-refractivity contribution is -0.00511. The quantitative estimate of drug-likeness (QED) is 0.841. The van der Waals surface area contributed by atoms with Crippen LogP contribution in [0.2, 0.25) is 0 Å². The number of benzene rings is 1. The van der Waals surface area contributed by atoms with E-state index in [9.17, 15) is 8.78 Å². The number of fused-ring (bicyclic) bond motifs is 1. The summed E-state index contributed by atoms with van der Waals surface area (Å²) in [5.74, 6) is -1.47. The van der Waals surface area contributed by atoms with Crippen LogP contribution in [0.25, 0.3) is 0 Å². The van der Waals surface area contributed by atoms with Crippen molar-refractivity contribution < 1.29 is 18.3 Å². The third-order valence-electron chi connectivity index (χ3n) is 2.82. The van der Waals surface area contributed by atoms with Gasteiger partial charge in [0.05, 0.1) is 0 Å². The smallest absolute Gasteiger partial charge is 0.165 e. The van der Waals surface area contributed by atoms with Crippen LogP contribution in [0.4, 0.5) is 8.78 Å². The monoisotopic (exact) mass is 229 g/mol. The third kappa shape index (κ3) is 1.71. The normalized spacial score (nSPS) is 23.2. The molecule has 0 unspecified atom stereocenters. The first kappa shape index (κ1) is 11.1. The van der Waals surface area contributed by atoms with Crippen LogP contribution in [0.15, 0.2) is 12.1 Å². The second-order valence-corrected chi connectivity index (χ2v) is 3.84. The zero-order valence-electron chi connectivity index (χ0n) is 8.93. The van der Waals surface area contributed by atoms with Crippen LogP contribution >= 0.6 is 0 Å². The van der Waals surface area contributed by atoms with E-state index in [0.29, 0.717) is 6.42 Å². The van der Waals surface area contributed by atoms with Crippen molar-refractivity contribution in [3.8, 4) is 11.5 Å². The van der Waals surface area contributed by atoms with Gasteiger partial charge >= 0.3 is 0 Å². The summed E-state index contributed by atoms with van der Waals surface area (Å²) in [4.78, 5) is 0. The molecule has 0 aromatic heterocycles. The molecule has 16 heavy (non-hydrogen) atoms. The minimum atomic E-state index is -0.953. The van der Waals surface area contributed by atoms with E-state index in [1.54, 1.807) is 0 Å². The predicted octanol–water partition coefficient (Wildman–Crippen LogP) is 1.84. The van der Waals surface area contributed by atoms with Gasteiger partial charge in [0.2, 0.25) is 0 Å². The highest BCUT2D eigenvalue weighted by molar-refractivity contribution is 5.42. The zero-order chi connectivity index (χ0) is 11.8. The summed E-state index contributed by atoms with van der Waals surface area (Å²) in [6, 6.07) is 1.98. The zero-order valence-corrected chi connectivity index (χ0v) is 8.93. The summed E-state index contributed by atoms with van der Waals surface area (Å²) < 4.78 is 36.9. The SMILES string of the molecule is CC[C@@]1(CN)COc2cc(F)c(F)cc2O1. The Kier molecular flexibility index (Phi) is 2.71. The summed E-state index contributed by atoms with van der Waals surface area (Å²) in [6.45, 7) is 2.42. The molecule has 0 aliphatic carbocycles. The highest BCUT2D eigenvalue weighted by atomic mass is 19.2. The van der Waals surface area contributed by atoms with Gasteiger partial charge in [0.15, 0.2) is 28.7 Å². The summed E-state index contributed by atoms with van der Waals surface area (Å²) in [5.41, 5.74) is 4.96. The van der Waals surface area contributed by atoms with Gasteiger partial charge in [0.1, 0.15) is 6.61 Å². The van der Waals surface area contributed by atoms with Crippen molar-refractivity contribution in [2.45, 2.75) is 18.9 Å². The Labute approximate surface area is 92.1 Å². The molecule has 1 aliphatic heterocycles. The Morgan fingerprint density at radius 1 is 1.31 bits per heavy atom. The Bertz CT molecular complexity index is 405. The molecule has 1 atom stereocenters. The van der Waals surface area contributed by atoms with Gasteiger partial charge in [-0.3, -0.25) is 0 Å². The lowest BCUT2D eigenvalue weighted by Crippen LogP contribution is -2.50. The molecular weight excluding hydrogens is 216 g/mol. The predicted molar refractivity (Wildman–Crippen MR) is 54.6 cm³/mol. The lowest BCUT2D eigenvalue weighted by atomic mass is 10.0. The second kappa shape index (κ2) is 3.90. The maximum Gasteiger partial charge on any atom is 0.165 e. The van der Waals surface area contributed by atoms with E-state index in [4.69, 9.17) is 15.2 Å². The summed E-state index contributed by atoms with van der Waals surface area (Å²) in [5, 5.41) is 0. The van der Waals surface area contributed by atoms with Gasteiger partial charge in [-0.15, -0.1) is 0 Å². The van der Waals surface area contributed by atoms with Gasteiger partial charge in [0, 0.05) is 18.7 Å². The van der Waals surface area contributed by atoms with Crippen molar-refractivity contribution in [1.82, 2.24) is 0 Å². The third-order valence-corrected chi connectivity index (χ3v) is 2.82. The molecule has 1 heterocycles. The van der Waals surface area contributed by atoms with Gasteiger partial charge in [-0.2, -0.15) is 0 Å². The maximum atomic E-state index is 13.0. The van der Waals surface area contributed by atoms with Crippen LogP contribution in [0.1, 0.15) is 13.3 Å². The number of hydrogen-bond donors (Lipinski definition) is 1. The molecule has 5 heteroatoms. The van der Waals surface area contributed by atoms with E-state index < -0.39 is 17.2 Å². The Hall–Kier alpha value is -1.36. The highest BCUT2D eigenvalue weighted by Gasteiger charge is 2.35. The van der Waals surface area contributed by atoms with Gasteiger partial charge in [-0.25, -0.2) is 8.78 Å². The van der Waals surface area contributed by atoms with E-state index in [1.165, 1.54) is 0 Å². The van der Waals surface area contributed by atoms with Crippen molar-refractivity contribution >= 4 is 0 Å². The molecule has 2 N–H and O–H groups in total. The lowest BCUT2D eigenvalue weighted by Gasteiger charge is -2.36. The largest absolute Gasteiger partial charge is 0.485 e. The van der Waals surface area contributed by atoms with Gasteiger partial charge in [-0.1, -0.05) is 6.92 Å². The van der Waals surface area contributed by atoms with Crippen LogP contribution in [-0.4, -0.2) is 18.8 Å². The minimum Gasteiger partial charge on any atom is -0.485 e. The van der Waals surface area contributed by atoms with E-state index in [1.807, 2.05) is 6.92 Å². The maximum absolute atomic E-state index is 13.0. The van der Waals surface area contributed by atoms with E-state index in [0.717, 1.165) is 12.1 Å². The molecular formula is C11H13F2NO2. The number of hydrogen-bond acceptors (Lipinski definition) is 3. The fourth-order valence-corrected chi connectivity index (χ4v) is 1.59. The van der Waals surface area contributed by atoms with Crippen molar-refractivity contribution in [2.24, 2.45) is 5.73 Å². The average Bonchev–Trinajstić information content (AvgIpc) is 2.30. The topological polar surface area (TPSA) is 44.5 Å². The standard InChI is InChI=1S/C11H13F2NO2/c1-2-11(5-14)6-15-9-3-7(12)8(13)4-10(9)16-11/h3-4H,2,5-6,14H2,1H3/t11-/m1/s1. The Morgan fingerprint density at radius 3 is 2.50 bits per heavy atom. The van der Waals surface area contributed by atoms with Crippen LogP contribution in [-0.2, 0) is 0 Å². The molecule has 0 fully saturated rings.